The molecular weight excluding hydrogens is 254 g/mol. The summed E-state index contributed by atoms with van der Waals surface area (Å²) < 4.78 is 24.7. The van der Waals surface area contributed by atoms with E-state index >= 15 is 0 Å². The Kier molecular flexibility index (Phi) is 2.90. The molecule has 2 unspecified atom stereocenters. The van der Waals surface area contributed by atoms with Crippen molar-refractivity contribution in [3.05, 3.63) is 11.6 Å². The summed E-state index contributed by atoms with van der Waals surface area (Å²) in [5.74, 6) is 1.88. The summed E-state index contributed by atoms with van der Waals surface area (Å²) >= 11 is 0. The van der Waals surface area contributed by atoms with E-state index in [0.717, 1.165) is 25.1 Å². The fourth-order valence-electron chi connectivity index (χ4n) is 2.80. The lowest BCUT2D eigenvalue weighted by Crippen LogP contribution is -2.22. The van der Waals surface area contributed by atoms with Crippen LogP contribution in [0.4, 0.5) is 0 Å². The second-order valence-corrected chi connectivity index (χ2v) is 7.39. The van der Waals surface area contributed by atoms with Gasteiger partial charge in [0.1, 0.15) is 5.82 Å². The molecule has 2 aliphatic heterocycles. The van der Waals surface area contributed by atoms with Crippen LogP contribution in [0.15, 0.2) is 0 Å². The van der Waals surface area contributed by atoms with Gasteiger partial charge in [-0.3, -0.25) is 0 Å². The summed E-state index contributed by atoms with van der Waals surface area (Å²) in [6, 6.07) is 0.00742. The van der Waals surface area contributed by atoms with Crippen LogP contribution in [0.2, 0.25) is 0 Å². The molecule has 1 aromatic heterocycles. The molecule has 2 atom stereocenters. The number of sulfone groups is 1. The molecule has 3 rings (SSSR count). The fraction of sp³-hybridized carbons (Fsp3) is 0.818. The zero-order valence-electron chi connectivity index (χ0n) is 10.1. The van der Waals surface area contributed by atoms with Crippen molar-refractivity contribution in [2.45, 2.75) is 37.6 Å². The molecule has 0 saturated carbocycles. The van der Waals surface area contributed by atoms with Crippen molar-refractivity contribution in [2.24, 2.45) is 0 Å². The highest BCUT2D eigenvalue weighted by Crippen LogP contribution is 2.29. The highest BCUT2D eigenvalue weighted by atomic mass is 32.2. The Balaban J connectivity index is 1.89. The molecule has 0 spiro atoms. The average molecular weight is 271 g/mol. The number of hydrogen-bond donors (Lipinski definition) is 1. The first kappa shape index (κ1) is 12.1. The predicted octanol–water partition coefficient (Wildman–Crippen LogP) is 0.0499. The number of aryl methyl sites for hydroxylation is 1. The Labute approximate surface area is 106 Å². The topological polar surface area (TPSA) is 85.1 Å². The molecule has 1 fully saturated rings. The van der Waals surface area contributed by atoms with E-state index in [-0.39, 0.29) is 30.1 Å². The number of aliphatic hydroxyl groups excluding tert-OH is 1. The SMILES string of the molecule is O=S1(=O)CCC(c2nc3n(n2)C(CO)CCC3)C1. The molecule has 1 aromatic rings. The van der Waals surface area contributed by atoms with Crippen LogP contribution in [-0.4, -0.2) is 46.4 Å². The molecule has 0 aromatic carbocycles. The van der Waals surface area contributed by atoms with E-state index in [1.807, 2.05) is 0 Å². The number of aliphatic hydroxyl groups is 1. The Morgan fingerprint density at radius 2 is 2.22 bits per heavy atom. The second-order valence-electron chi connectivity index (χ2n) is 5.16. The van der Waals surface area contributed by atoms with Gasteiger partial charge in [0.25, 0.3) is 0 Å². The molecular formula is C11H17N3O3S. The van der Waals surface area contributed by atoms with Gasteiger partial charge >= 0.3 is 0 Å². The highest BCUT2D eigenvalue weighted by Gasteiger charge is 2.33. The van der Waals surface area contributed by atoms with Crippen LogP contribution >= 0.6 is 0 Å². The first-order valence-electron chi connectivity index (χ1n) is 6.35. The fourth-order valence-corrected chi connectivity index (χ4v) is 4.53. The lowest BCUT2D eigenvalue weighted by Gasteiger charge is -2.20. The molecule has 0 aliphatic carbocycles. The van der Waals surface area contributed by atoms with Crippen LogP contribution in [0.25, 0.3) is 0 Å². The summed E-state index contributed by atoms with van der Waals surface area (Å²) in [5, 5.41) is 13.7. The monoisotopic (exact) mass is 271 g/mol. The van der Waals surface area contributed by atoms with Crippen LogP contribution in [0.1, 0.15) is 42.9 Å². The first-order chi connectivity index (χ1) is 8.59. The Bertz CT molecular complexity index is 552. The van der Waals surface area contributed by atoms with Crippen molar-refractivity contribution in [3.63, 3.8) is 0 Å². The molecule has 2 aliphatic rings. The second kappa shape index (κ2) is 4.31. The summed E-state index contributed by atoms with van der Waals surface area (Å²) in [6.07, 6.45) is 3.40. The van der Waals surface area contributed by atoms with Crippen LogP contribution in [-0.2, 0) is 16.3 Å². The molecule has 6 nitrogen and oxygen atoms in total. The van der Waals surface area contributed by atoms with E-state index in [1.54, 1.807) is 4.68 Å². The van der Waals surface area contributed by atoms with Crippen molar-refractivity contribution in [3.8, 4) is 0 Å². The number of nitrogens with zero attached hydrogens (tertiary/aromatic N) is 3. The van der Waals surface area contributed by atoms with Gasteiger partial charge in [-0.2, -0.15) is 5.10 Å². The molecule has 18 heavy (non-hydrogen) atoms. The molecule has 1 N–H and O–H groups in total. The molecule has 0 bridgehead atoms. The third-order valence-electron chi connectivity index (χ3n) is 3.81. The van der Waals surface area contributed by atoms with Gasteiger partial charge in [-0.1, -0.05) is 0 Å². The van der Waals surface area contributed by atoms with E-state index in [9.17, 15) is 13.5 Å². The molecule has 3 heterocycles. The van der Waals surface area contributed by atoms with Gasteiger partial charge in [-0.25, -0.2) is 18.1 Å². The van der Waals surface area contributed by atoms with Crippen LogP contribution in [0.3, 0.4) is 0 Å². The van der Waals surface area contributed by atoms with E-state index < -0.39 is 9.84 Å². The van der Waals surface area contributed by atoms with Gasteiger partial charge in [0.15, 0.2) is 15.7 Å². The van der Waals surface area contributed by atoms with Gasteiger partial charge in [0.2, 0.25) is 0 Å². The van der Waals surface area contributed by atoms with Gasteiger partial charge in [0.05, 0.1) is 24.2 Å². The maximum atomic E-state index is 11.5. The smallest absolute Gasteiger partial charge is 0.155 e. The molecule has 0 radical (unpaired) electrons. The number of rotatable bonds is 2. The third kappa shape index (κ3) is 2.05. The average Bonchev–Trinajstić information content (AvgIpc) is 2.91. The van der Waals surface area contributed by atoms with E-state index in [2.05, 4.69) is 10.1 Å². The minimum absolute atomic E-state index is 0.00742. The maximum absolute atomic E-state index is 11.5. The molecule has 0 amide bonds. The summed E-state index contributed by atoms with van der Waals surface area (Å²) in [7, 11) is -2.90. The predicted molar refractivity (Wildman–Crippen MR) is 65.1 cm³/mol. The van der Waals surface area contributed by atoms with E-state index in [4.69, 9.17) is 0 Å². The van der Waals surface area contributed by atoms with Gasteiger partial charge in [-0.15, -0.1) is 0 Å². The Morgan fingerprint density at radius 3 is 2.89 bits per heavy atom. The van der Waals surface area contributed by atoms with Crippen LogP contribution in [0, 0.1) is 0 Å². The van der Waals surface area contributed by atoms with Crippen molar-refractivity contribution in [1.82, 2.24) is 14.8 Å². The number of fused-ring (bicyclic) bond motifs is 1. The molecule has 7 heteroatoms. The Morgan fingerprint density at radius 1 is 1.39 bits per heavy atom. The maximum Gasteiger partial charge on any atom is 0.155 e. The van der Waals surface area contributed by atoms with Gasteiger partial charge in [0, 0.05) is 12.3 Å². The lowest BCUT2D eigenvalue weighted by molar-refractivity contribution is 0.194. The minimum Gasteiger partial charge on any atom is -0.394 e. The Hall–Kier alpha value is -0.950. The summed E-state index contributed by atoms with van der Waals surface area (Å²) in [5.41, 5.74) is 0. The highest BCUT2D eigenvalue weighted by molar-refractivity contribution is 7.91. The van der Waals surface area contributed by atoms with Crippen molar-refractivity contribution in [2.75, 3.05) is 18.1 Å². The normalized spacial score (nSPS) is 30.3. The van der Waals surface area contributed by atoms with Gasteiger partial charge < -0.3 is 5.11 Å². The number of aromatic nitrogens is 3. The quantitative estimate of drug-likeness (QED) is 0.821. The summed E-state index contributed by atoms with van der Waals surface area (Å²) in [6.45, 7) is 0.0682. The first-order valence-corrected chi connectivity index (χ1v) is 8.18. The minimum atomic E-state index is -2.90. The van der Waals surface area contributed by atoms with E-state index in [0.29, 0.717) is 12.2 Å². The largest absolute Gasteiger partial charge is 0.394 e. The van der Waals surface area contributed by atoms with Gasteiger partial charge in [-0.05, 0) is 19.3 Å². The molecule has 100 valence electrons. The van der Waals surface area contributed by atoms with Crippen LogP contribution in [0.5, 0.6) is 0 Å². The standard InChI is InChI=1S/C11H17N3O3S/c15-6-9-2-1-3-10-12-11(13-14(9)10)8-4-5-18(16,17)7-8/h8-9,15H,1-7H2. The van der Waals surface area contributed by atoms with Crippen molar-refractivity contribution in [1.29, 1.82) is 0 Å². The van der Waals surface area contributed by atoms with E-state index in [1.165, 1.54) is 0 Å². The zero-order valence-corrected chi connectivity index (χ0v) is 10.9. The van der Waals surface area contributed by atoms with Crippen molar-refractivity contribution < 1.29 is 13.5 Å². The molecule has 1 saturated heterocycles. The van der Waals surface area contributed by atoms with Crippen LogP contribution < -0.4 is 0 Å². The summed E-state index contributed by atoms with van der Waals surface area (Å²) in [4.78, 5) is 4.47. The number of hydrogen-bond acceptors (Lipinski definition) is 5. The zero-order chi connectivity index (χ0) is 12.8. The third-order valence-corrected chi connectivity index (χ3v) is 5.58. The lowest BCUT2D eigenvalue weighted by atomic mass is 10.1. The van der Waals surface area contributed by atoms with Crippen molar-refractivity contribution >= 4 is 9.84 Å².